The number of nitrogens with zero attached hydrogens (tertiary/aromatic N) is 4. The summed E-state index contributed by atoms with van der Waals surface area (Å²) in [7, 11) is 0. The van der Waals surface area contributed by atoms with Crippen LogP contribution in [0.2, 0.25) is 0 Å². The van der Waals surface area contributed by atoms with Gasteiger partial charge in [0.15, 0.2) is 5.65 Å². The Morgan fingerprint density at radius 3 is 1.93 bits per heavy atom. The molecule has 2 aromatic heterocycles. The minimum Gasteiger partial charge on any atom is -0.217 e. The fourth-order valence-corrected chi connectivity index (χ4v) is 5.04. The third kappa shape index (κ3) is 4.20. The molecule has 2 aliphatic carbocycles. The van der Waals surface area contributed by atoms with Gasteiger partial charge in [0, 0.05) is 17.4 Å². The van der Waals surface area contributed by atoms with Gasteiger partial charge in [-0.3, -0.25) is 0 Å². The van der Waals surface area contributed by atoms with Crippen LogP contribution in [0.4, 0.5) is 0 Å². The van der Waals surface area contributed by atoms with Crippen LogP contribution in [-0.2, 0) is 0 Å². The number of rotatable bonds is 3. The second-order valence-electron chi connectivity index (χ2n) is 9.16. The fourth-order valence-electron chi connectivity index (χ4n) is 5.04. The van der Waals surface area contributed by atoms with Gasteiger partial charge in [0.1, 0.15) is 11.6 Å². The van der Waals surface area contributed by atoms with E-state index in [1.54, 1.807) is 0 Å². The Kier molecular flexibility index (Phi) is 6.09. The lowest BCUT2D eigenvalue weighted by Gasteiger charge is -2.21. The van der Waals surface area contributed by atoms with Crippen LogP contribution < -0.4 is 0 Å². The molecule has 0 radical (unpaired) electrons. The molecule has 0 amide bonds. The van der Waals surface area contributed by atoms with Crippen molar-refractivity contribution < 1.29 is 0 Å². The highest BCUT2D eigenvalue weighted by Crippen LogP contribution is 2.34. The smallest absolute Gasteiger partial charge is 0.162 e. The van der Waals surface area contributed by atoms with Gasteiger partial charge in [-0.05, 0) is 31.6 Å². The van der Waals surface area contributed by atoms with Crippen molar-refractivity contribution in [1.29, 1.82) is 0 Å². The lowest BCUT2D eigenvalue weighted by molar-refractivity contribution is 0.436. The second kappa shape index (κ2) is 8.70. The first kappa shape index (κ1) is 18.9. The second-order valence-corrected chi connectivity index (χ2v) is 9.16. The molecule has 2 heterocycles. The Hall–Kier alpha value is -1.45. The van der Waals surface area contributed by atoms with Gasteiger partial charge in [0.2, 0.25) is 0 Å². The van der Waals surface area contributed by atoms with Crippen molar-refractivity contribution in [3.63, 3.8) is 0 Å². The van der Waals surface area contributed by atoms with Crippen LogP contribution in [0.15, 0.2) is 6.20 Å². The van der Waals surface area contributed by atoms with Gasteiger partial charge in [-0.1, -0.05) is 71.6 Å². The van der Waals surface area contributed by atoms with Crippen LogP contribution in [-0.4, -0.2) is 19.6 Å². The summed E-state index contributed by atoms with van der Waals surface area (Å²) >= 11 is 0. The van der Waals surface area contributed by atoms with Crippen LogP contribution in [0.1, 0.15) is 132 Å². The maximum atomic E-state index is 5.22. The Morgan fingerprint density at radius 1 is 0.778 bits per heavy atom. The SMILES string of the molecule is CC(C)c1cnn2c(C3CCCCCC3)nc(C3CCCCCCC3)nc12. The molecule has 4 heteroatoms. The van der Waals surface area contributed by atoms with E-state index in [-0.39, 0.29) is 0 Å². The predicted molar refractivity (Wildman–Crippen MR) is 110 cm³/mol. The molecular weight excluding hydrogens is 332 g/mol. The molecule has 0 atom stereocenters. The summed E-state index contributed by atoms with van der Waals surface area (Å²) < 4.78 is 2.09. The lowest BCUT2D eigenvalue weighted by Crippen LogP contribution is -2.16. The summed E-state index contributed by atoms with van der Waals surface area (Å²) in [6, 6.07) is 0. The zero-order valence-electron chi connectivity index (χ0n) is 17.3. The predicted octanol–water partition coefficient (Wildman–Crippen LogP) is 6.51. The largest absolute Gasteiger partial charge is 0.217 e. The van der Waals surface area contributed by atoms with Gasteiger partial charge in [-0.2, -0.15) is 5.10 Å². The summed E-state index contributed by atoms with van der Waals surface area (Å²) in [5, 5.41) is 4.76. The highest BCUT2D eigenvalue weighted by atomic mass is 15.3. The number of hydrogen-bond acceptors (Lipinski definition) is 3. The number of aromatic nitrogens is 4. The van der Waals surface area contributed by atoms with Gasteiger partial charge in [-0.15, -0.1) is 0 Å². The fraction of sp³-hybridized carbons (Fsp3) is 0.783. The van der Waals surface area contributed by atoms with Crippen molar-refractivity contribution in [2.75, 3.05) is 0 Å². The van der Waals surface area contributed by atoms with Crippen molar-refractivity contribution in [3.8, 4) is 0 Å². The zero-order chi connectivity index (χ0) is 18.6. The van der Waals surface area contributed by atoms with Gasteiger partial charge in [0.05, 0.1) is 6.20 Å². The van der Waals surface area contributed by atoms with Crippen molar-refractivity contribution >= 4 is 5.65 Å². The highest BCUT2D eigenvalue weighted by Gasteiger charge is 2.25. The molecule has 4 nitrogen and oxygen atoms in total. The van der Waals surface area contributed by atoms with Gasteiger partial charge in [-0.25, -0.2) is 14.5 Å². The first-order valence-corrected chi connectivity index (χ1v) is 11.5. The van der Waals surface area contributed by atoms with Crippen molar-refractivity contribution in [1.82, 2.24) is 19.6 Å². The van der Waals surface area contributed by atoms with E-state index in [0.717, 1.165) is 11.5 Å². The molecule has 0 unspecified atom stereocenters. The van der Waals surface area contributed by atoms with Gasteiger partial charge < -0.3 is 0 Å². The molecule has 0 bridgehead atoms. The van der Waals surface area contributed by atoms with E-state index in [2.05, 4.69) is 18.4 Å². The molecule has 4 rings (SSSR count). The molecule has 0 N–H and O–H groups in total. The monoisotopic (exact) mass is 368 g/mol. The molecular formula is C23H36N4. The average molecular weight is 369 g/mol. The Bertz CT molecular complexity index is 732. The zero-order valence-corrected chi connectivity index (χ0v) is 17.3. The molecule has 27 heavy (non-hydrogen) atoms. The quantitative estimate of drug-likeness (QED) is 0.580. The first-order chi connectivity index (χ1) is 13.2. The van der Waals surface area contributed by atoms with E-state index in [1.807, 2.05) is 6.20 Å². The van der Waals surface area contributed by atoms with E-state index in [1.165, 1.54) is 94.9 Å². The van der Waals surface area contributed by atoms with Gasteiger partial charge in [0.25, 0.3) is 0 Å². The van der Waals surface area contributed by atoms with Crippen LogP contribution in [0.5, 0.6) is 0 Å². The Balaban J connectivity index is 1.77. The number of fused-ring (bicyclic) bond motifs is 1. The summed E-state index contributed by atoms with van der Waals surface area (Å²) in [4.78, 5) is 10.3. The van der Waals surface area contributed by atoms with E-state index in [0.29, 0.717) is 17.8 Å². The topological polar surface area (TPSA) is 43.1 Å². The molecule has 0 aromatic carbocycles. The van der Waals surface area contributed by atoms with Crippen LogP contribution >= 0.6 is 0 Å². The molecule has 148 valence electrons. The first-order valence-electron chi connectivity index (χ1n) is 11.5. The van der Waals surface area contributed by atoms with Crippen LogP contribution in [0.3, 0.4) is 0 Å². The normalized spacial score (nSPS) is 21.3. The van der Waals surface area contributed by atoms with Crippen molar-refractivity contribution in [3.05, 3.63) is 23.4 Å². The van der Waals surface area contributed by atoms with Crippen LogP contribution in [0, 0.1) is 0 Å². The standard InChI is InChI=1S/C23H36N4/c1-17(2)20-16-24-27-22(19-14-10-6-7-11-15-19)25-21(26-23(20)27)18-12-8-4-3-5-9-13-18/h16-19H,3-15H2,1-2H3. The lowest BCUT2D eigenvalue weighted by atomic mass is 9.90. The maximum absolute atomic E-state index is 5.22. The van der Waals surface area contributed by atoms with E-state index in [9.17, 15) is 0 Å². The molecule has 2 aromatic rings. The number of hydrogen-bond donors (Lipinski definition) is 0. The van der Waals surface area contributed by atoms with Crippen LogP contribution in [0.25, 0.3) is 5.65 Å². The summed E-state index contributed by atoms with van der Waals surface area (Å²) in [5.41, 5.74) is 2.36. The third-order valence-electron chi connectivity index (χ3n) is 6.75. The molecule has 0 saturated heterocycles. The van der Waals surface area contributed by atoms with Crippen molar-refractivity contribution in [2.24, 2.45) is 0 Å². The summed E-state index contributed by atoms with van der Waals surface area (Å²) in [6.07, 6.45) is 19.3. The van der Waals surface area contributed by atoms with E-state index in [4.69, 9.17) is 15.1 Å². The summed E-state index contributed by atoms with van der Waals surface area (Å²) in [5.74, 6) is 3.85. The third-order valence-corrected chi connectivity index (χ3v) is 6.75. The molecule has 2 aliphatic rings. The van der Waals surface area contributed by atoms with Gasteiger partial charge >= 0.3 is 0 Å². The molecule has 2 saturated carbocycles. The summed E-state index contributed by atoms with van der Waals surface area (Å²) in [6.45, 7) is 4.50. The van der Waals surface area contributed by atoms with E-state index >= 15 is 0 Å². The minimum absolute atomic E-state index is 0.449. The Morgan fingerprint density at radius 2 is 1.33 bits per heavy atom. The molecule has 0 spiro atoms. The van der Waals surface area contributed by atoms with Crippen molar-refractivity contribution in [2.45, 2.75) is 115 Å². The Labute approximate surface area is 164 Å². The average Bonchev–Trinajstić information content (AvgIpc) is 2.88. The highest BCUT2D eigenvalue weighted by molar-refractivity contribution is 5.49. The van der Waals surface area contributed by atoms with E-state index < -0.39 is 0 Å². The molecule has 0 aliphatic heterocycles. The molecule has 2 fully saturated rings. The minimum atomic E-state index is 0.449. The maximum Gasteiger partial charge on any atom is 0.162 e.